The molecule has 4 rings (SSSR count). The molecule has 0 aliphatic carbocycles. The molecule has 1 heterocycles. The lowest BCUT2D eigenvalue weighted by Crippen LogP contribution is -2.45. The smallest absolute Gasteiger partial charge is 0.256 e. The Balaban J connectivity index is 0.00000420. The SMILES string of the molecule is CC(C)(C)CN1C(=O)C(CC(=O)NCc2ccccc2F)OC(c2cccc(CN)c2)c2cc(Cl)ccc21.Cl. The molecule has 1 aliphatic heterocycles. The fourth-order valence-electron chi connectivity index (χ4n) is 4.56. The van der Waals surface area contributed by atoms with Crippen molar-refractivity contribution in [2.75, 3.05) is 11.4 Å². The zero-order chi connectivity index (χ0) is 27.4. The van der Waals surface area contributed by atoms with Gasteiger partial charge < -0.3 is 20.7 Å². The molecule has 0 bridgehead atoms. The van der Waals surface area contributed by atoms with Crippen molar-refractivity contribution in [2.45, 2.75) is 52.5 Å². The number of amides is 2. The maximum atomic E-state index is 14.1. The molecule has 2 amide bonds. The minimum absolute atomic E-state index is 0. The van der Waals surface area contributed by atoms with Crippen LogP contribution in [-0.4, -0.2) is 24.5 Å². The van der Waals surface area contributed by atoms with Gasteiger partial charge in [0, 0.05) is 41.5 Å². The van der Waals surface area contributed by atoms with E-state index in [1.807, 2.05) is 51.1 Å². The van der Waals surface area contributed by atoms with Gasteiger partial charge in [0.05, 0.1) is 6.42 Å². The third-order valence-corrected chi connectivity index (χ3v) is 6.57. The number of benzene rings is 3. The van der Waals surface area contributed by atoms with Crippen LogP contribution in [0.4, 0.5) is 10.1 Å². The third kappa shape index (κ3) is 7.57. The summed E-state index contributed by atoms with van der Waals surface area (Å²) in [5, 5.41) is 3.24. The third-order valence-electron chi connectivity index (χ3n) is 6.33. The molecule has 0 saturated heterocycles. The van der Waals surface area contributed by atoms with E-state index in [9.17, 15) is 14.0 Å². The van der Waals surface area contributed by atoms with Crippen molar-refractivity contribution >= 4 is 41.5 Å². The van der Waals surface area contributed by atoms with E-state index in [0.29, 0.717) is 29.4 Å². The molecule has 9 heteroatoms. The summed E-state index contributed by atoms with van der Waals surface area (Å²) < 4.78 is 20.5. The van der Waals surface area contributed by atoms with Crippen LogP contribution in [0.2, 0.25) is 5.02 Å². The summed E-state index contributed by atoms with van der Waals surface area (Å²) in [5.74, 6) is -1.14. The molecule has 39 heavy (non-hydrogen) atoms. The molecule has 2 atom stereocenters. The first-order valence-electron chi connectivity index (χ1n) is 12.6. The molecule has 3 N–H and O–H groups in total. The average molecular weight is 575 g/mol. The Hall–Kier alpha value is -2.97. The molecule has 0 spiro atoms. The largest absolute Gasteiger partial charge is 0.355 e. The first kappa shape index (κ1) is 30.6. The zero-order valence-electron chi connectivity index (χ0n) is 22.2. The highest BCUT2D eigenvalue weighted by molar-refractivity contribution is 6.30. The second kappa shape index (κ2) is 12.9. The first-order chi connectivity index (χ1) is 18.1. The fraction of sp³-hybridized carbons (Fsp3) is 0.333. The van der Waals surface area contributed by atoms with Crippen LogP contribution < -0.4 is 16.0 Å². The van der Waals surface area contributed by atoms with Crippen molar-refractivity contribution in [1.29, 1.82) is 0 Å². The predicted molar refractivity (Wildman–Crippen MR) is 154 cm³/mol. The second-order valence-corrected chi connectivity index (χ2v) is 11.2. The summed E-state index contributed by atoms with van der Waals surface area (Å²) in [4.78, 5) is 28.6. The van der Waals surface area contributed by atoms with Crippen LogP contribution in [0.5, 0.6) is 0 Å². The molecule has 0 aromatic heterocycles. The van der Waals surface area contributed by atoms with E-state index in [0.717, 1.165) is 16.7 Å². The highest BCUT2D eigenvalue weighted by Crippen LogP contribution is 2.41. The molecule has 0 fully saturated rings. The summed E-state index contributed by atoms with van der Waals surface area (Å²) in [7, 11) is 0. The molecule has 0 radical (unpaired) electrons. The van der Waals surface area contributed by atoms with Crippen molar-refractivity contribution in [3.05, 3.63) is 99.8 Å². The number of halogens is 3. The van der Waals surface area contributed by atoms with Crippen LogP contribution in [0.3, 0.4) is 0 Å². The van der Waals surface area contributed by atoms with E-state index in [1.54, 1.807) is 35.2 Å². The highest BCUT2D eigenvalue weighted by atomic mass is 35.5. The Morgan fingerprint density at radius 1 is 1.10 bits per heavy atom. The Labute approximate surface area is 240 Å². The van der Waals surface area contributed by atoms with Crippen LogP contribution in [-0.2, 0) is 27.4 Å². The van der Waals surface area contributed by atoms with Gasteiger partial charge in [-0.3, -0.25) is 9.59 Å². The van der Waals surface area contributed by atoms with Crippen molar-refractivity contribution in [3.63, 3.8) is 0 Å². The van der Waals surface area contributed by atoms with Gasteiger partial charge in [-0.15, -0.1) is 12.4 Å². The van der Waals surface area contributed by atoms with Crippen molar-refractivity contribution in [2.24, 2.45) is 11.1 Å². The van der Waals surface area contributed by atoms with E-state index in [1.165, 1.54) is 6.07 Å². The Kier molecular flexibility index (Phi) is 10.1. The Morgan fingerprint density at radius 2 is 1.85 bits per heavy atom. The lowest BCUT2D eigenvalue weighted by molar-refractivity contribution is -0.138. The van der Waals surface area contributed by atoms with Gasteiger partial charge >= 0.3 is 0 Å². The molecule has 3 aromatic carbocycles. The summed E-state index contributed by atoms with van der Waals surface area (Å²) >= 11 is 6.42. The van der Waals surface area contributed by atoms with Gasteiger partial charge in [-0.05, 0) is 40.8 Å². The molecule has 6 nitrogen and oxygen atoms in total. The van der Waals surface area contributed by atoms with Gasteiger partial charge in [-0.25, -0.2) is 4.39 Å². The van der Waals surface area contributed by atoms with Gasteiger partial charge in [0.25, 0.3) is 5.91 Å². The molecule has 1 aliphatic rings. The highest BCUT2D eigenvalue weighted by Gasteiger charge is 2.39. The lowest BCUT2D eigenvalue weighted by atomic mass is 9.94. The predicted octanol–water partition coefficient (Wildman–Crippen LogP) is 5.93. The van der Waals surface area contributed by atoms with E-state index < -0.39 is 23.9 Å². The fourth-order valence-corrected chi connectivity index (χ4v) is 4.74. The number of fused-ring (bicyclic) bond motifs is 1. The van der Waals surface area contributed by atoms with Gasteiger partial charge in [-0.1, -0.05) is 74.8 Å². The van der Waals surface area contributed by atoms with Crippen LogP contribution in [0.15, 0.2) is 66.7 Å². The number of anilines is 1. The lowest BCUT2D eigenvalue weighted by Gasteiger charge is -2.31. The van der Waals surface area contributed by atoms with Crippen LogP contribution in [0.25, 0.3) is 0 Å². The van der Waals surface area contributed by atoms with Crippen LogP contribution in [0.1, 0.15) is 55.5 Å². The number of carbonyl (C=O) groups excluding carboxylic acids is 2. The molecule has 0 saturated carbocycles. The molecule has 2 unspecified atom stereocenters. The number of nitrogens with one attached hydrogen (secondary N) is 1. The maximum absolute atomic E-state index is 14.1. The topological polar surface area (TPSA) is 84.7 Å². The maximum Gasteiger partial charge on any atom is 0.256 e. The van der Waals surface area contributed by atoms with Crippen molar-refractivity contribution in [3.8, 4) is 0 Å². The quantitative estimate of drug-likeness (QED) is 0.366. The standard InChI is InChI=1S/C30H33ClFN3O3.ClH/c1-30(2,3)18-35-25-12-11-22(31)14-23(25)28(20-9-6-7-19(13-20)16-33)38-26(29(35)37)15-27(36)34-17-21-8-4-5-10-24(21)32;/h4-14,26,28H,15-18,33H2,1-3H3,(H,34,36);1H. The number of nitrogens with zero attached hydrogens (tertiary/aromatic N) is 1. The van der Waals surface area contributed by atoms with Gasteiger partial charge in [0.15, 0.2) is 0 Å². The zero-order valence-corrected chi connectivity index (χ0v) is 23.8. The summed E-state index contributed by atoms with van der Waals surface area (Å²) in [5.41, 5.74) is 9.16. The van der Waals surface area contributed by atoms with Gasteiger partial charge in [0.1, 0.15) is 18.0 Å². The molecule has 3 aromatic rings. The number of nitrogens with two attached hydrogens (primary N) is 1. The molecular formula is C30H34Cl2FN3O3. The Bertz CT molecular complexity index is 1330. The average Bonchev–Trinajstić information content (AvgIpc) is 2.98. The van der Waals surface area contributed by atoms with Crippen molar-refractivity contribution < 1.29 is 18.7 Å². The van der Waals surface area contributed by atoms with Crippen LogP contribution in [0, 0.1) is 11.2 Å². The number of hydrogen-bond acceptors (Lipinski definition) is 4. The van der Waals surface area contributed by atoms with Crippen LogP contribution >= 0.6 is 24.0 Å². The van der Waals surface area contributed by atoms with Gasteiger partial charge in [-0.2, -0.15) is 0 Å². The van der Waals surface area contributed by atoms with Gasteiger partial charge in [0.2, 0.25) is 5.91 Å². The number of rotatable bonds is 7. The summed E-state index contributed by atoms with van der Waals surface area (Å²) in [6.45, 7) is 6.89. The van der Waals surface area contributed by atoms with E-state index in [4.69, 9.17) is 22.1 Å². The number of ether oxygens (including phenoxy) is 1. The summed E-state index contributed by atoms with van der Waals surface area (Å²) in [6.07, 6.45) is -1.95. The summed E-state index contributed by atoms with van der Waals surface area (Å²) in [6, 6.07) is 19.3. The minimum atomic E-state index is -1.07. The van der Waals surface area contributed by atoms with Crippen molar-refractivity contribution in [1.82, 2.24) is 5.32 Å². The second-order valence-electron chi connectivity index (χ2n) is 10.7. The molecular weight excluding hydrogens is 540 g/mol. The first-order valence-corrected chi connectivity index (χ1v) is 13.0. The number of hydrogen-bond donors (Lipinski definition) is 2. The van der Waals surface area contributed by atoms with E-state index >= 15 is 0 Å². The number of carbonyl (C=O) groups is 2. The van der Waals surface area contributed by atoms with E-state index in [2.05, 4.69) is 5.32 Å². The minimum Gasteiger partial charge on any atom is -0.355 e. The Morgan fingerprint density at radius 3 is 2.54 bits per heavy atom. The van der Waals surface area contributed by atoms with E-state index in [-0.39, 0.29) is 36.7 Å². The normalized spacial score (nSPS) is 17.2. The monoisotopic (exact) mass is 573 g/mol. The molecule has 208 valence electrons.